The van der Waals surface area contributed by atoms with E-state index in [-0.39, 0.29) is 11.8 Å². The van der Waals surface area contributed by atoms with Gasteiger partial charge in [-0.2, -0.15) is 4.98 Å². The molecule has 0 amide bonds. The predicted octanol–water partition coefficient (Wildman–Crippen LogP) is 0.847. The molecule has 0 aromatic carbocycles. The molecule has 27 heavy (non-hydrogen) atoms. The first-order valence-corrected chi connectivity index (χ1v) is 11.6. The summed E-state index contributed by atoms with van der Waals surface area (Å²) < 4.78 is 26.8. The molecule has 2 heterocycles. The van der Waals surface area contributed by atoms with Crippen molar-refractivity contribution >= 4 is 21.8 Å². The number of anilines is 2. The molecule has 9 heteroatoms. The summed E-state index contributed by atoms with van der Waals surface area (Å²) in [6, 6.07) is -0.0920. The van der Waals surface area contributed by atoms with Crippen molar-refractivity contribution < 1.29 is 8.42 Å². The lowest BCUT2D eigenvalue weighted by atomic mass is 9.96. The molecule has 1 aromatic heterocycles. The van der Waals surface area contributed by atoms with Crippen molar-refractivity contribution in [2.24, 2.45) is 0 Å². The zero-order chi connectivity index (χ0) is 19.4. The van der Waals surface area contributed by atoms with Gasteiger partial charge in [-0.25, -0.2) is 18.1 Å². The first-order chi connectivity index (χ1) is 12.8. The number of nitrogens with one attached hydrogen (secondary N) is 2. The first-order valence-electron chi connectivity index (χ1n) is 9.91. The van der Waals surface area contributed by atoms with Crippen LogP contribution in [0.2, 0.25) is 0 Å². The predicted molar refractivity (Wildman–Crippen MR) is 109 cm³/mol. The van der Waals surface area contributed by atoms with Crippen LogP contribution >= 0.6 is 0 Å². The molecule has 2 aliphatic rings. The van der Waals surface area contributed by atoms with Crippen molar-refractivity contribution in [3.05, 3.63) is 11.3 Å². The van der Waals surface area contributed by atoms with Gasteiger partial charge < -0.3 is 15.1 Å². The highest BCUT2D eigenvalue weighted by Crippen LogP contribution is 2.28. The summed E-state index contributed by atoms with van der Waals surface area (Å²) in [7, 11) is -1.15. The fraction of sp³-hybridized carbons (Fsp3) is 0.778. The molecule has 0 radical (unpaired) electrons. The number of aromatic nitrogens is 2. The third-order valence-corrected chi connectivity index (χ3v) is 6.61. The number of piperazine rings is 1. The summed E-state index contributed by atoms with van der Waals surface area (Å²) in [5.41, 5.74) is 2.28. The molecule has 3 rings (SSSR count). The lowest BCUT2D eigenvalue weighted by Gasteiger charge is -2.33. The number of rotatable bonds is 7. The van der Waals surface area contributed by atoms with Crippen molar-refractivity contribution in [1.29, 1.82) is 0 Å². The molecule has 1 fully saturated rings. The molecule has 2 N–H and O–H groups in total. The van der Waals surface area contributed by atoms with Crippen molar-refractivity contribution in [1.82, 2.24) is 19.6 Å². The zero-order valence-corrected chi connectivity index (χ0v) is 17.5. The van der Waals surface area contributed by atoms with Crippen LogP contribution in [0.15, 0.2) is 0 Å². The average molecular weight is 397 g/mol. The number of nitrogens with zero attached hydrogens (tertiary/aromatic N) is 4. The Balaban J connectivity index is 1.74. The first kappa shape index (κ1) is 20.3. The van der Waals surface area contributed by atoms with Gasteiger partial charge in [0.2, 0.25) is 16.0 Å². The van der Waals surface area contributed by atoms with Crippen LogP contribution in [0.25, 0.3) is 0 Å². The number of sulfonamides is 1. The van der Waals surface area contributed by atoms with E-state index in [2.05, 4.69) is 26.9 Å². The van der Waals surface area contributed by atoms with E-state index in [9.17, 15) is 8.42 Å². The number of fused-ring (bicyclic) bond motifs is 1. The Labute approximate surface area is 162 Å². The SMILES string of the molecule is CC(C)NS(=O)(=O)CCNc1nc(N2CCN(C)CC2)nc2c1CCCC2. The number of hydrogen-bond acceptors (Lipinski definition) is 7. The maximum absolute atomic E-state index is 12.1. The van der Waals surface area contributed by atoms with Gasteiger partial charge in [0, 0.05) is 44.3 Å². The topological polar surface area (TPSA) is 90.5 Å². The second-order valence-electron chi connectivity index (χ2n) is 7.81. The van der Waals surface area contributed by atoms with E-state index in [1.165, 1.54) is 0 Å². The monoisotopic (exact) mass is 396 g/mol. The van der Waals surface area contributed by atoms with Crippen LogP contribution in [0.4, 0.5) is 11.8 Å². The summed E-state index contributed by atoms with van der Waals surface area (Å²) in [5, 5.41) is 3.28. The van der Waals surface area contributed by atoms with Crippen molar-refractivity contribution in [3.63, 3.8) is 0 Å². The molecular weight excluding hydrogens is 364 g/mol. The second-order valence-corrected chi connectivity index (χ2v) is 9.69. The Morgan fingerprint density at radius 1 is 1.07 bits per heavy atom. The Morgan fingerprint density at radius 3 is 2.48 bits per heavy atom. The van der Waals surface area contributed by atoms with Gasteiger partial charge in [0.05, 0.1) is 11.4 Å². The minimum atomic E-state index is -3.28. The van der Waals surface area contributed by atoms with Crippen LogP contribution in [0.5, 0.6) is 0 Å². The molecule has 1 aliphatic carbocycles. The molecular formula is C18H32N6O2S. The molecule has 1 saturated heterocycles. The summed E-state index contributed by atoms with van der Waals surface area (Å²) >= 11 is 0. The fourth-order valence-electron chi connectivity index (χ4n) is 3.60. The third kappa shape index (κ3) is 5.52. The highest BCUT2D eigenvalue weighted by atomic mass is 32.2. The van der Waals surface area contributed by atoms with Gasteiger partial charge in [-0.3, -0.25) is 0 Å². The van der Waals surface area contributed by atoms with E-state index in [4.69, 9.17) is 9.97 Å². The highest BCUT2D eigenvalue weighted by Gasteiger charge is 2.22. The standard InChI is InChI=1S/C18H32N6O2S/c1-14(2)22-27(25,26)13-8-19-17-15-6-4-5-7-16(15)20-18(21-17)24-11-9-23(3)10-12-24/h14,22H,4-13H2,1-3H3,(H,19,20,21). The molecule has 0 unspecified atom stereocenters. The molecule has 0 bridgehead atoms. The van der Waals surface area contributed by atoms with Gasteiger partial charge in [0.25, 0.3) is 0 Å². The molecule has 1 aliphatic heterocycles. The van der Waals surface area contributed by atoms with E-state index >= 15 is 0 Å². The molecule has 8 nitrogen and oxygen atoms in total. The Kier molecular flexibility index (Phi) is 6.54. The van der Waals surface area contributed by atoms with Gasteiger partial charge in [-0.05, 0) is 46.6 Å². The van der Waals surface area contributed by atoms with Crippen molar-refractivity contribution in [3.8, 4) is 0 Å². The molecule has 152 valence electrons. The molecule has 0 spiro atoms. The Hall–Kier alpha value is -1.45. The lowest BCUT2D eigenvalue weighted by molar-refractivity contribution is 0.311. The van der Waals surface area contributed by atoms with Gasteiger partial charge in [-0.15, -0.1) is 0 Å². The normalized spacial score (nSPS) is 18.6. The van der Waals surface area contributed by atoms with E-state index in [0.29, 0.717) is 6.54 Å². The minimum absolute atomic E-state index is 0.0355. The second kappa shape index (κ2) is 8.70. The summed E-state index contributed by atoms with van der Waals surface area (Å²) in [6.45, 7) is 7.84. The van der Waals surface area contributed by atoms with Gasteiger partial charge >= 0.3 is 0 Å². The molecule has 0 saturated carbocycles. The van der Waals surface area contributed by atoms with Crippen LogP contribution in [0.3, 0.4) is 0 Å². The Bertz CT molecular complexity index is 744. The van der Waals surface area contributed by atoms with Crippen molar-refractivity contribution in [2.75, 3.05) is 55.7 Å². The van der Waals surface area contributed by atoms with E-state index in [0.717, 1.165) is 74.9 Å². The summed E-state index contributed by atoms with van der Waals surface area (Å²) in [5.74, 6) is 1.62. The van der Waals surface area contributed by atoms with Gasteiger partial charge in [0.15, 0.2) is 0 Å². The zero-order valence-electron chi connectivity index (χ0n) is 16.7. The number of aryl methyl sites for hydroxylation is 1. The van der Waals surface area contributed by atoms with E-state index < -0.39 is 10.0 Å². The van der Waals surface area contributed by atoms with Gasteiger partial charge in [-0.1, -0.05) is 0 Å². The van der Waals surface area contributed by atoms with Crippen LogP contribution in [0, 0.1) is 0 Å². The summed E-state index contributed by atoms with van der Waals surface area (Å²) in [6.07, 6.45) is 4.21. The maximum atomic E-state index is 12.1. The van der Waals surface area contributed by atoms with E-state index in [1.54, 1.807) is 0 Å². The minimum Gasteiger partial charge on any atom is -0.369 e. The third-order valence-electron chi connectivity index (χ3n) is 5.04. The van der Waals surface area contributed by atoms with Crippen LogP contribution in [0.1, 0.15) is 37.9 Å². The largest absolute Gasteiger partial charge is 0.369 e. The lowest BCUT2D eigenvalue weighted by Crippen LogP contribution is -2.45. The highest BCUT2D eigenvalue weighted by molar-refractivity contribution is 7.89. The average Bonchev–Trinajstić information content (AvgIpc) is 2.61. The smallest absolute Gasteiger partial charge is 0.227 e. The van der Waals surface area contributed by atoms with E-state index in [1.807, 2.05) is 13.8 Å². The number of hydrogen-bond donors (Lipinski definition) is 2. The van der Waals surface area contributed by atoms with Crippen LogP contribution in [-0.2, 0) is 22.9 Å². The quantitative estimate of drug-likeness (QED) is 0.706. The number of likely N-dealkylation sites (N-methyl/N-ethyl adjacent to an activating group) is 1. The fourth-order valence-corrected chi connectivity index (χ4v) is 4.80. The van der Waals surface area contributed by atoms with Gasteiger partial charge in [0.1, 0.15) is 5.82 Å². The molecule has 0 atom stereocenters. The van der Waals surface area contributed by atoms with Crippen LogP contribution in [-0.4, -0.2) is 74.9 Å². The maximum Gasteiger partial charge on any atom is 0.227 e. The Morgan fingerprint density at radius 2 is 1.78 bits per heavy atom. The molecule has 1 aromatic rings. The van der Waals surface area contributed by atoms with Crippen LogP contribution < -0.4 is 14.9 Å². The van der Waals surface area contributed by atoms with Crippen molar-refractivity contribution in [2.45, 2.75) is 45.6 Å². The summed E-state index contributed by atoms with van der Waals surface area (Å²) in [4.78, 5) is 14.2.